The highest BCUT2D eigenvalue weighted by Crippen LogP contribution is 2.29. The van der Waals surface area contributed by atoms with Crippen LogP contribution in [-0.4, -0.2) is 15.9 Å². The third-order valence-corrected chi connectivity index (χ3v) is 3.94. The first-order chi connectivity index (χ1) is 11.1. The molecule has 0 spiro atoms. The average molecular weight is 303 g/mol. The Kier molecular flexibility index (Phi) is 2.81. The lowest BCUT2D eigenvalue weighted by molar-refractivity contribution is 0.100. The highest BCUT2D eigenvalue weighted by molar-refractivity contribution is 6.13. The lowest BCUT2D eigenvalue weighted by Gasteiger charge is -2.06. The van der Waals surface area contributed by atoms with Gasteiger partial charge in [-0.25, -0.2) is 0 Å². The van der Waals surface area contributed by atoms with Gasteiger partial charge in [0.05, 0.1) is 22.1 Å². The van der Waals surface area contributed by atoms with E-state index in [-0.39, 0.29) is 5.43 Å². The molecule has 0 fully saturated rings. The zero-order valence-corrected chi connectivity index (χ0v) is 12.1. The normalized spacial score (nSPS) is 11.1. The molecule has 2 aromatic heterocycles. The number of aromatic amines is 2. The van der Waals surface area contributed by atoms with Gasteiger partial charge in [0.25, 0.3) is 5.91 Å². The zero-order valence-electron chi connectivity index (χ0n) is 12.1. The van der Waals surface area contributed by atoms with Gasteiger partial charge in [0.2, 0.25) is 0 Å². The number of benzene rings is 2. The maximum atomic E-state index is 11.9. The smallest absolute Gasteiger partial charge is 0.250 e. The number of carbonyl (C=O) groups is 1. The van der Waals surface area contributed by atoms with E-state index in [1.165, 1.54) is 12.1 Å². The van der Waals surface area contributed by atoms with E-state index in [1.807, 2.05) is 30.3 Å². The van der Waals surface area contributed by atoms with E-state index in [0.717, 1.165) is 22.2 Å². The van der Waals surface area contributed by atoms with Crippen LogP contribution in [0.5, 0.6) is 0 Å². The third kappa shape index (κ3) is 2.10. The molecule has 0 unspecified atom stereocenters. The van der Waals surface area contributed by atoms with Crippen molar-refractivity contribution in [3.63, 3.8) is 0 Å². The average Bonchev–Trinajstić information content (AvgIpc) is 2.91. The van der Waals surface area contributed by atoms with Crippen LogP contribution in [0.2, 0.25) is 0 Å². The van der Waals surface area contributed by atoms with E-state index >= 15 is 0 Å². The lowest BCUT2D eigenvalue weighted by atomic mass is 10.1. The molecule has 2 heterocycles. The summed E-state index contributed by atoms with van der Waals surface area (Å²) in [4.78, 5) is 29.9. The van der Waals surface area contributed by atoms with Gasteiger partial charge in [-0.05, 0) is 23.8 Å². The second-order valence-electron chi connectivity index (χ2n) is 5.41. The van der Waals surface area contributed by atoms with E-state index in [9.17, 15) is 9.59 Å². The van der Waals surface area contributed by atoms with Gasteiger partial charge in [-0.3, -0.25) is 9.59 Å². The van der Waals surface area contributed by atoms with Crippen molar-refractivity contribution in [1.29, 1.82) is 0 Å². The lowest BCUT2D eigenvalue weighted by Crippen LogP contribution is -2.12. The molecule has 23 heavy (non-hydrogen) atoms. The Morgan fingerprint density at radius 2 is 1.70 bits per heavy atom. The van der Waals surface area contributed by atoms with E-state index in [4.69, 9.17) is 5.73 Å². The van der Waals surface area contributed by atoms with Crippen LogP contribution < -0.4 is 11.2 Å². The van der Waals surface area contributed by atoms with Crippen molar-refractivity contribution in [2.24, 2.45) is 5.73 Å². The quantitative estimate of drug-likeness (QED) is 0.531. The van der Waals surface area contributed by atoms with E-state index < -0.39 is 5.91 Å². The fourth-order valence-corrected chi connectivity index (χ4v) is 2.86. The van der Waals surface area contributed by atoms with Crippen LogP contribution >= 0.6 is 0 Å². The number of nitrogens with one attached hydrogen (secondary N) is 2. The standard InChI is InChI=1S/C18H13N3O2/c19-18(23)13-9-14(10-4-2-1-3-5-10)20-16-12-7-6-11(22)8-15(12)21-17(13)16/h1-9,20-21H,(H2,19,23). The van der Waals surface area contributed by atoms with Gasteiger partial charge in [-0.1, -0.05) is 30.3 Å². The van der Waals surface area contributed by atoms with Crippen molar-refractivity contribution in [2.45, 2.75) is 0 Å². The fourth-order valence-electron chi connectivity index (χ4n) is 2.86. The molecule has 0 radical (unpaired) electrons. The number of rotatable bonds is 2. The molecule has 1 amide bonds. The summed E-state index contributed by atoms with van der Waals surface area (Å²) in [6, 6.07) is 16.2. The summed E-state index contributed by atoms with van der Waals surface area (Å²) < 4.78 is 0. The molecule has 4 rings (SSSR count). The molecular formula is C18H13N3O2. The Morgan fingerprint density at radius 3 is 2.43 bits per heavy atom. The number of fused-ring (bicyclic) bond motifs is 3. The number of nitrogens with two attached hydrogens (primary N) is 1. The molecule has 0 saturated heterocycles. The molecule has 112 valence electrons. The van der Waals surface area contributed by atoms with Crippen LogP contribution in [0.15, 0.2) is 59.4 Å². The summed E-state index contributed by atoms with van der Waals surface area (Å²) in [5.41, 5.74) is 9.63. The van der Waals surface area contributed by atoms with Crippen molar-refractivity contribution in [3.8, 4) is 11.3 Å². The molecule has 0 aliphatic rings. The van der Waals surface area contributed by atoms with Crippen LogP contribution in [0, 0.1) is 0 Å². The predicted octanol–water partition coefficient (Wildman–Crippen LogP) is 2.78. The monoisotopic (exact) mass is 303 g/mol. The number of primary amides is 1. The minimum absolute atomic E-state index is 0.0898. The Labute approximate surface area is 130 Å². The van der Waals surface area contributed by atoms with Gasteiger partial charge in [-0.15, -0.1) is 0 Å². The topological polar surface area (TPSA) is 91.7 Å². The number of hydrogen-bond donors (Lipinski definition) is 3. The van der Waals surface area contributed by atoms with Gasteiger partial charge in [0.1, 0.15) is 0 Å². The van der Waals surface area contributed by atoms with E-state index in [1.54, 1.807) is 12.1 Å². The molecule has 0 aliphatic carbocycles. The Morgan fingerprint density at radius 1 is 0.913 bits per heavy atom. The molecular weight excluding hydrogens is 290 g/mol. The van der Waals surface area contributed by atoms with Gasteiger partial charge in [0.15, 0.2) is 5.43 Å². The number of aromatic nitrogens is 2. The molecule has 5 nitrogen and oxygen atoms in total. The largest absolute Gasteiger partial charge is 0.366 e. The molecule has 4 N–H and O–H groups in total. The van der Waals surface area contributed by atoms with Crippen molar-refractivity contribution >= 4 is 27.8 Å². The summed E-state index contributed by atoms with van der Waals surface area (Å²) in [6.07, 6.45) is 0. The summed E-state index contributed by atoms with van der Waals surface area (Å²) in [5, 5.41) is 0.847. The number of carbonyl (C=O) groups excluding carboxylic acids is 1. The highest BCUT2D eigenvalue weighted by atomic mass is 16.1. The number of hydrogen-bond acceptors (Lipinski definition) is 2. The molecule has 0 aliphatic heterocycles. The van der Waals surface area contributed by atoms with Gasteiger partial charge in [0, 0.05) is 17.1 Å². The minimum atomic E-state index is -0.518. The van der Waals surface area contributed by atoms with Crippen molar-refractivity contribution < 1.29 is 4.79 Å². The second kappa shape index (κ2) is 4.84. The number of pyridine rings is 1. The SMILES string of the molecule is NC(=O)c1cc(-c2ccccc2)[nH]c2c1[nH]c1cc(=O)ccc12. The minimum Gasteiger partial charge on any atom is -0.366 e. The molecule has 5 heteroatoms. The number of H-pyrrole nitrogens is 2. The molecule has 0 saturated carbocycles. The summed E-state index contributed by atoms with van der Waals surface area (Å²) in [7, 11) is 0. The van der Waals surface area contributed by atoms with Gasteiger partial charge < -0.3 is 15.7 Å². The first-order valence-electron chi connectivity index (χ1n) is 7.17. The van der Waals surface area contributed by atoms with Crippen molar-refractivity contribution in [1.82, 2.24) is 9.97 Å². The highest BCUT2D eigenvalue weighted by Gasteiger charge is 2.15. The Balaban J connectivity index is 2.13. The number of amides is 1. The van der Waals surface area contributed by atoms with Gasteiger partial charge in [-0.2, -0.15) is 0 Å². The predicted molar refractivity (Wildman–Crippen MR) is 90.4 cm³/mol. The summed E-state index contributed by atoms with van der Waals surface area (Å²) in [6.45, 7) is 0. The first kappa shape index (κ1) is 13.3. The first-order valence-corrected chi connectivity index (χ1v) is 7.17. The Bertz CT molecular complexity index is 1110. The van der Waals surface area contributed by atoms with Crippen molar-refractivity contribution in [2.75, 3.05) is 0 Å². The van der Waals surface area contributed by atoms with Crippen LogP contribution in [-0.2, 0) is 0 Å². The third-order valence-electron chi connectivity index (χ3n) is 3.94. The maximum absolute atomic E-state index is 11.9. The molecule has 0 atom stereocenters. The van der Waals surface area contributed by atoms with Crippen LogP contribution in [0.25, 0.3) is 33.2 Å². The fraction of sp³-hybridized carbons (Fsp3) is 0. The molecule has 2 aromatic carbocycles. The summed E-state index contributed by atoms with van der Waals surface area (Å²) in [5.74, 6) is -0.518. The summed E-state index contributed by atoms with van der Waals surface area (Å²) >= 11 is 0. The Hall–Kier alpha value is -3.34. The van der Waals surface area contributed by atoms with Crippen LogP contribution in [0.1, 0.15) is 10.4 Å². The van der Waals surface area contributed by atoms with E-state index in [0.29, 0.717) is 16.6 Å². The van der Waals surface area contributed by atoms with Gasteiger partial charge >= 0.3 is 0 Å². The zero-order chi connectivity index (χ0) is 16.0. The maximum Gasteiger partial charge on any atom is 0.250 e. The molecule has 0 bridgehead atoms. The van der Waals surface area contributed by atoms with E-state index in [2.05, 4.69) is 9.97 Å². The second-order valence-corrected chi connectivity index (χ2v) is 5.41. The molecule has 4 aromatic rings. The van der Waals surface area contributed by atoms with Crippen LogP contribution in [0.3, 0.4) is 0 Å². The van der Waals surface area contributed by atoms with Crippen molar-refractivity contribution in [3.05, 3.63) is 70.4 Å². The van der Waals surface area contributed by atoms with Crippen LogP contribution in [0.4, 0.5) is 0 Å².